The second-order valence-corrected chi connectivity index (χ2v) is 5.63. The van der Waals surface area contributed by atoms with E-state index >= 15 is 0 Å². The first-order valence-corrected chi connectivity index (χ1v) is 7.33. The number of carbonyl (C=O) groups is 1. The van der Waals surface area contributed by atoms with Gasteiger partial charge in [-0.2, -0.15) is 0 Å². The van der Waals surface area contributed by atoms with E-state index in [1.54, 1.807) is 4.90 Å². The molecule has 0 unspecified atom stereocenters. The molecule has 2 rings (SSSR count). The molecule has 104 valence electrons. The first-order valence-electron chi connectivity index (χ1n) is 6.53. The number of amides is 1. The highest BCUT2D eigenvalue weighted by Gasteiger charge is 2.24. The van der Waals surface area contributed by atoms with Crippen molar-refractivity contribution >= 4 is 21.8 Å². The van der Waals surface area contributed by atoms with E-state index in [1.807, 2.05) is 31.3 Å². The molecule has 0 spiro atoms. The van der Waals surface area contributed by atoms with Gasteiger partial charge in [0.05, 0.1) is 12.6 Å². The second-order valence-electron chi connectivity index (χ2n) is 4.71. The van der Waals surface area contributed by atoms with Crippen LogP contribution in [0.25, 0.3) is 0 Å². The van der Waals surface area contributed by atoms with Gasteiger partial charge in [-0.15, -0.1) is 0 Å². The molecule has 0 aliphatic carbocycles. The van der Waals surface area contributed by atoms with E-state index in [9.17, 15) is 4.79 Å². The molecule has 0 bridgehead atoms. The van der Waals surface area contributed by atoms with Crippen LogP contribution < -0.4 is 10.1 Å². The maximum absolute atomic E-state index is 12.0. The van der Waals surface area contributed by atoms with E-state index in [2.05, 4.69) is 21.2 Å². The van der Waals surface area contributed by atoms with Gasteiger partial charge in [0.2, 0.25) is 5.91 Å². The van der Waals surface area contributed by atoms with Crippen LogP contribution >= 0.6 is 15.9 Å². The molecule has 0 radical (unpaired) electrons. The fourth-order valence-corrected chi connectivity index (χ4v) is 2.37. The third-order valence-corrected chi connectivity index (χ3v) is 3.77. The Balaban J connectivity index is 1.72. The lowest BCUT2D eigenvalue weighted by atomic mass is 10.2. The topological polar surface area (TPSA) is 41.6 Å². The van der Waals surface area contributed by atoms with Crippen LogP contribution in [0.5, 0.6) is 5.75 Å². The molecule has 1 fully saturated rings. The summed E-state index contributed by atoms with van der Waals surface area (Å²) >= 11 is 3.38. The largest absolute Gasteiger partial charge is 0.492 e. The van der Waals surface area contributed by atoms with Gasteiger partial charge in [-0.3, -0.25) is 4.79 Å². The van der Waals surface area contributed by atoms with Gasteiger partial charge in [-0.25, -0.2) is 0 Å². The number of hydrogen-bond donors (Lipinski definition) is 1. The Morgan fingerprint density at radius 2 is 2.21 bits per heavy atom. The van der Waals surface area contributed by atoms with Crippen LogP contribution in [-0.4, -0.2) is 43.6 Å². The van der Waals surface area contributed by atoms with E-state index in [4.69, 9.17) is 4.74 Å². The maximum atomic E-state index is 12.0. The molecule has 4 nitrogen and oxygen atoms in total. The summed E-state index contributed by atoms with van der Waals surface area (Å²) < 4.78 is 6.64. The van der Waals surface area contributed by atoms with Crippen molar-refractivity contribution in [2.75, 3.05) is 26.7 Å². The van der Waals surface area contributed by atoms with Crippen LogP contribution in [0.1, 0.15) is 12.8 Å². The number of carbonyl (C=O) groups excluding carboxylic acids is 1. The van der Waals surface area contributed by atoms with Gasteiger partial charge in [0.25, 0.3) is 0 Å². The van der Waals surface area contributed by atoms with E-state index in [-0.39, 0.29) is 11.9 Å². The van der Waals surface area contributed by atoms with Crippen molar-refractivity contribution in [3.8, 4) is 5.75 Å². The molecule has 0 aromatic heterocycles. The predicted octanol–water partition coefficient (Wildman–Crippen LogP) is 2.04. The molecule has 1 aromatic rings. The maximum Gasteiger partial charge on any atom is 0.239 e. The first kappa shape index (κ1) is 14.3. The van der Waals surface area contributed by atoms with Gasteiger partial charge in [-0.05, 0) is 43.7 Å². The number of nitrogens with zero attached hydrogens (tertiary/aromatic N) is 1. The molecule has 1 atom stereocenters. The van der Waals surface area contributed by atoms with Crippen molar-refractivity contribution in [3.63, 3.8) is 0 Å². The van der Waals surface area contributed by atoms with Gasteiger partial charge >= 0.3 is 0 Å². The number of benzene rings is 1. The van der Waals surface area contributed by atoms with Crippen LogP contribution in [0.2, 0.25) is 0 Å². The minimum Gasteiger partial charge on any atom is -0.492 e. The van der Waals surface area contributed by atoms with Gasteiger partial charge in [0, 0.05) is 11.5 Å². The molecule has 1 aliphatic heterocycles. The number of likely N-dealkylation sites (N-methyl/N-ethyl adjacent to an activating group) is 1. The van der Waals surface area contributed by atoms with Crippen molar-refractivity contribution in [1.82, 2.24) is 10.2 Å². The SMILES string of the molecule is CN(CCOc1ccc(Br)cc1)C(=O)[C@@H]1CCCN1. The summed E-state index contributed by atoms with van der Waals surface area (Å²) in [7, 11) is 1.83. The molecular weight excluding hydrogens is 308 g/mol. The van der Waals surface area contributed by atoms with Crippen LogP contribution in [0.4, 0.5) is 0 Å². The van der Waals surface area contributed by atoms with Crippen molar-refractivity contribution in [2.45, 2.75) is 18.9 Å². The number of rotatable bonds is 5. The smallest absolute Gasteiger partial charge is 0.239 e. The summed E-state index contributed by atoms with van der Waals surface area (Å²) in [5.41, 5.74) is 0. The molecule has 1 saturated heterocycles. The van der Waals surface area contributed by atoms with Crippen LogP contribution in [0, 0.1) is 0 Å². The lowest BCUT2D eigenvalue weighted by Crippen LogP contribution is -2.43. The Morgan fingerprint density at radius 3 is 2.84 bits per heavy atom. The Hall–Kier alpha value is -1.07. The highest BCUT2D eigenvalue weighted by molar-refractivity contribution is 9.10. The zero-order chi connectivity index (χ0) is 13.7. The monoisotopic (exact) mass is 326 g/mol. The zero-order valence-corrected chi connectivity index (χ0v) is 12.6. The standard InChI is InChI=1S/C14H19BrN2O2/c1-17(14(18)13-3-2-8-16-13)9-10-19-12-6-4-11(15)5-7-12/h4-7,13,16H,2-3,8-10H2,1H3/t13-/m0/s1. The molecular formula is C14H19BrN2O2. The van der Waals surface area contributed by atoms with E-state index < -0.39 is 0 Å². The van der Waals surface area contributed by atoms with E-state index in [1.165, 1.54) is 0 Å². The van der Waals surface area contributed by atoms with Crippen molar-refractivity contribution < 1.29 is 9.53 Å². The summed E-state index contributed by atoms with van der Waals surface area (Å²) in [6.07, 6.45) is 2.02. The summed E-state index contributed by atoms with van der Waals surface area (Å²) in [6.45, 7) is 2.06. The van der Waals surface area contributed by atoms with Gasteiger partial charge in [0.15, 0.2) is 0 Å². The summed E-state index contributed by atoms with van der Waals surface area (Å²) in [5, 5.41) is 3.21. The molecule has 5 heteroatoms. The van der Waals surface area contributed by atoms with Crippen LogP contribution in [0.15, 0.2) is 28.7 Å². The third kappa shape index (κ3) is 4.21. The molecule has 1 aliphatic rings. The molecule has 1 amide bonds. The summed E-state index contributed by atoms with van der Waals surface area (Å²) in [5.74, 6) is 0.986. The van der Waals surface area contributed by atoms with Crippen molar-refractivity contribution in [1.29, 1.82) is 0 Å². The van der Waals surface area contributed by atoms with Crippen molar-refractivity contribution in [2.24, 2.45) is 0 Å². The third-order valence-electron chi connectivity index (χ3n) is 3.24. The Bertz CT molecular complexity index is 416. The number of ether oxygens (including phenoxy) is 1. The Labute approximate surface area is 122 Å². The summed E-state index contributed by atoms with van der Waals surface area (Å²) in [6, 6.07) is 7.69. The molecule has 1 heterocycles. The molecule has 1 N–H and O–H groups in total. The minimum absolute atomic E-state index is 0.00215. The predicted molar refractivity (Wildman–Crippen MR) is 78.3 cm³/mol. The summed E-state index contributed by atoms with van der Waals surface area (Å²) in [4.78, 5) is 13.8. The lowest BCUT2D eigenvalue weighted by Gasteiger charge is -2.21. The average molecular weight is 327 g/mol. The molecule has 19 heavy (non-hydrogen) atoms. The van der Waals surface area contributed by atoms with Gasteiger partial charge in [-0.1, -0.05) is 15.9 Å². The number of halogens is 1. The minimum atomic E-state index is -0.00215. The normalized spacial score (nSPS) is 18.3. The molecule has 1 aromatic carbocycles. The fourth-order valence-electron chi connectivity index (χ4n) is 2.10. The highest BCUT2D eigenvalue weighted by Crippen LogP contribution is 2.16. The highest BCUT2D eigenvalue weighted by atomic mass is 79.9. The van der Waals surface area contributed by atoms with Crippen LogP contribution in [0.3, 0.4) is 0 Å². The van der Waals surface area contributed by atoms with Crippen LogP contribution in [-0.2, 0) is 4.79 Å². The van der Waals surface area contributed by atoms with Gasteiger partial charge in [0.1, 0.15) is 12.4 Å². The molecule has 0 saturated carbocycles. The zero-order valence-electron chi connectivity index (χ0n) is 11.1. The lowest BCUT2D eigenvalue weighted by molar-refractivity contribution is -0.132. The fraction of sp³-hybridized carbons (Fsp3) is 0.500. The van der Waals surface area contributed by atoms with E-state index in [0.29, 0.717) is 13.2 Å². The second kappa shape index (κ2) is 6.91. The number of hydrogen-bond acceptors (Lipinski definition) is 3. The Morgan fingerprint density at radius 1 is 1.47 bits per heavy atom. The first-order chi connectivity index (χ1) is 9.16. The van der Waals surface area contributed by atoms with E-state index in [0.717, 1.165) is 29.6 Å². The van der Waals surface area contributed by atoms with Gasteiger partial charge < -0.3 is 15.0 Å². The Kier molecular flexibility index (Phi) is 5.22. The quantitative estimate of drug-likeness (QED) is 0.900. The average Bonchev–Trinajstić information content (AvgIpc) is 2.94. The number of nitrogens with one attached hydrogen (secondary N) is 1. The van der Waals surface area contributed by atoms with Crippen molar-refractivity contribution in [3.05, 3.63) is 28.7 Å².